The first-order valence-corrected chi connectivity index (χ1v) is 9.44. The van der Waals surface area contributed by atoms with E-state index in [1.807, 2.05) is 54.6 Å². The Hall–Kier alpha value is -3.50. The van der Waals surface area contributed by atoms with Crippen LogP contribution in [0, 0.1) is 0 Å². The maximum atomic E-state index is 5.36. The van der Waals surface area contributed by atoms with Gasteiger partial charge in [0, 0.05) is 11.1 Å². The fourth-order valence-corrected chi connectivity index (χ4v) is 3.21. The molecule has 0 radical (unpaired) electrons. The van der Waals surface area contributed by atoms with Crippen molar-refractivity contribution in [3.8, 4) is 11.1 Å². The number of hydrogen-bond donors (Lipinski definition) is 2. The van der Waals surface area contributed by atoms with Crippen LogP contribution in [-0.4, -0.2) is 11.3 Å². The van der Waals surface area contributed by atoms with Gasteiger partial charge in [0.15, 0.2) is 5.11 Å². The number of thiocarbonyl (C=S) groups is 1. The molecule has 4 aromatic carbocycles. The Balaban J connectivity index is 1.38. The van der Waals surface area contributed by atoms with Crippen molar-refractivity contribution in [2.24, 2.45) is 5.10 Å². The quantitative estimate of drug-likeness (QED) is 0.265. The van der Waals surface area contributed by atoms with E-state index in [1.54, 1.807) is 6.21 Å². The molecule has 0 aliphatic heterocycles. The first kappa shape index (κ1) is 17.9. The molecule has 4 heteroatoms. The normalized spacial score (nSPS) is 10.9. The molecule has 2 N–H and O–H groups in total. The second kappa shape index (κ2) is 8.46. The van der Waals surface area contributed by atoms with Gasteiger partial charge in [-0.2, -0.15) is 5.10 Å². The van der Waals surface area contributed by atoms with Gasteiger partial charge < -0.3 is 5.32 Å². The SMILES string of the molecule is S=C(N/N=C/c1ccc(-c2ccccc2)cc1)Nc1cccc2ccccc12. The van der Waals surface area contributed by atoms with E-state index >= 15 is 0 Å². The maximum Gasteiger partial charge on any atom is 0.191 e. The minimum Gasteiger partial charge on any atom is -0.331 e. The number of nitrogens with one attached hydrogen (secondary N) is 2. The zero-order chi connectivity index (χ0) is 19.2. The smallest absolute Gasteiger partial charge is 0.191 e. The second-order valence-electron chi connectivity index (χ2n) is 6.34. The Morgan fingerprint density at radius 3 is 2.21 bits per heavy atom. The summed E-state index contributed by atoms with van der Waals surface area (Å²) < 4.78 is 0. The van der Waals surface area contributed by atoms with Crippen molar-refractivity contribution in [1.29, 1.82) is 0 Å². The van der Waals surface area contributed by atoms with Crippen molar-refractivity contribution in [2.45, 2.75) is 0 Å². The number of rotatable bonds is 4. The van der Waals surface area contributed by atoms with E-state index in [0.29, 0.717) is 5.11 Å². The summed E-state index contributed by atoms with van der Waals surface area (Å²) in [5, 5.41) is 10.2. The number of anilines is 1. The van der Waals surface area contributed by atoms with Crippen molar-refractivity contribution in [2.75, 3.05) is 5.32 Å². The number of hydrazone groups is 1. The summed E-state index contributed by atoms with van der Waals surface area (Å²) in [7, 11) is 0. The van der Waals surface area contributed by atoms with E-state index in [2.05, 4.69) is 58.3 Å². The van der Waals surface area contributed by atoms with Gasteiger partial charge in [-0.25, -0.2) is 0 Å². The highest BCUT2D eigenvalue weighted by atomic mass is 32.1. The first-order valence-electron chi connectivity index (χ1n) is 9.03. The molecule has 0 spiro atoms. The van der Waals surface area contributed by atoms with E-state index in [0.717, 1.165) is 22.0 Å². The molecule has 0 amide bonds. The summed E-state index contributed by atoms with van der Waals surface area (Å²) in [5.41, 5.74) is 7.22. The van der Waals surface area contributed by atoms with Crippen molar-refractivity contribution in [3.05, 3.63) is 103 Å². The standard InChI is InChI=1S/C24H19N3S/c28-24(26-23-12-6-10-21-9-4-5-11-22(21)23)27-25-17-18-13-15-20(16-14-18)19-7-2-1-3-8-19/h1-17H,(H2,26,27,28)/b25-17+. The average molecular weight is 382 g/mol. The molecule has 0 heterocycles. The number of nitrogens with zero attached hydrogens (tertiary/aromatic N) is 1. The fourth-order valence-electron chi connectivity index (χ4n) is 3.04. The van der Waals surface area contributed by atoms with Gasteiger partial charge in [0.1, 0.15) is 0 Å². The molecule has 0 saturated carbocycles. The largest absolute Gasteiger partial charge is 0.331 e. The molecule has 0 fully saturated rings. The highest BCUT2D eigenvalue weighted by Crippen LogP contribution is 2.22. The van der Waals surface area contributed by atoms with Crippen LogP contribution in [-0.2, 0) is 0 Å². The molecule has 0 unspecified atom stereocenters. The number of fused-ring (bicyclic) bond motifs is 1. The molecular weight excluding hydrogens is 362 g/mol. The van der Waals surface area contributed by atoms with E-state index in [1.165, 1.54) is 11.1 Å². The van der Waals surface area contributed by atoms with Gasteiger partial charge in [-0.1, -0.05) is 91.0 Å². The number of hydrogen-bond acceptors (Lipinski definition) is 2. The number of benzene rings is 4. The molecule has 3 nitrogen and oxygen atoms in total. The third-order valence-electron chi connectivity index (χ3n) is 4.44. The zero-order valence-corrected chi connectivity index (χ0v) is 16.0. The van der Waals surface area contributed by atoms with E-state index < -0.39 is 0 Å². The molecular formula is C24H19N3S. The van der Waals surface area contributed by atoms with E-state index in [4.69, 9.17) is 12.2 Å². The molecule has 0 aliphatic carbocycles. The zero-order valence-electron chi connectivity index (χ0n) is 15.2. The Morgan fingerprint density at radius 2 is 1.39 bits per heavy atom. The highest BCUT2D eigenvalue weighted by Gasteiger charge is 2.01. The molecule has 0 aliphatic rings. The van der Waals surface area contributed by atoms with Gasteiger partial charge in [-0.15, -0.1) is 0 Å². The summed E-state index contributed by atoms with van der Waals surface area (Å²) in [4.78, 5) is 0. The van der Waals surface area contributed by atoms with Gasteiger partial charge in [0.2, 0.25) is 0 Å². The van der Waals surface area contributed by atoms with Crippen molar-refractivity contribution in [1.82, 2.24) is 5.43 Å². The third-order valence-corrected chi connectivity index (χ3v) is 4.63. The summed E-state index contributed by atoms with van der Waals surface area (Å²) in [6.45, 7) is 0. The lowest BCUT2D eigenvalue weighted by Gasteiger charge is -2.10. The van der Waals surface area contributed by atoms with Crippen LogP contribution in [0.2, 0.25) is 0 Å². The maximum absolute atomic E-state index is 5.36. The van der Waals surface area contributed by atoms with Crippen LogP contribution in [0.3, 0.4) is 0 Å². The van der Waals surface area contributed by atoms with Crippen molar-refractivity contribution >= 4 is 40.0 Å². The molecule has 0 aromatic heterocycles. The Morgan fingerprint density at radius 1 is 0.714 bits per heavy atom. The Bertz CT molecular complexity index is 1110. The highest BCUT2D eigenvalue weighted by molar-refractivity contribution is 7.80. The lowest BCUT2D eigenvalue weighted by atomic mass is 10.0. The van der Waals surface area contributed by atoms with Crippen LogP contribution in [0.1, 0.15) is 5.56 Å². The first-order chi connectivity index (χ1) is 13.8. The monoisotopic (exact) mass is 381 g/mol. The minimum atomic E-state index is 0.452. The summed E-state index contributed by atoms with van der Waals surface area (Å²) >= 11 is 5.36. The van der Waals surface area contributed by atoms with Gasteiger partial charge in [0.25, 0.3) is 0 Å². The second-order valence-corrected chi connectivity index (χ2v) is 6.75. The van der Waals surface area contributed by atoms with Crippen LogP contribution in [0.15, 0.2) is 102 Å². The third kappa shape index (κ3) is 4.24. The fraction of sp³-hybridized carbons (Fsp3) is 0. The van der Waals surface area contributed by atoms with Gasteiger partial charge in [-0.05, 0) is 40.4 Å². The van der Waals surface area contributed by atoms with Crippen molar-refractivity contribution < 1.29 is 0 Å². The van der Waals surface area contributed by atoms with E-state index in [9.17, 15) is 0 Å². The molecule has 136 valence electrons. The summed E-state index contributed by atoms with van der Waals surface area (Å²) in [6.07, 6.45) is 1.76. The van der Waals surface area contributed by atoms with Crippen LogP contribution >= 0.6 is 12.2 Å². The van der Waals surface area contributed by atoms with Crippen LogP contribution < -0.4 is 10.7 Å². The predicted octanol–water partition coefficient (Wildman–Crippen LogP) is 5.83. The predicted molar refractivity (Wildman–Crippen MR) is 123 cm³/mol. The molecule has 0 bridgehead atoms. The molecule has 4 rings (SSSR count). The molecule has 0 atom stereocenters. The lowest BCUT2D eigenvalue weighted by Crippen LogP contribution is -2.23. The van der Waals surface area contributed by atoms with Gasteiger partial charge in [-0.3, -0.25) is 5.43 Å². The van der Waals surface area contributed by atoms with Crippen LogP contribution in [0.25, 0.3) is 21.9 Å². The molecule has 28 heavy (non-hydrogen) atoms. The summed E-state index contributed by atoms with van der Waals surface area (Å²) in [6, 6.07) is 32.8. The summed E-state index contributed by atoms with van der Waals surface area (Å²) in [5.74, 6) is 0. The van der Waals surface area contributed by atoms with Gasteiger partial charge in [0.05, 0.1) is 6.21 Å². The van der Waals surface area contributed by atoms with Crippen molar-refractivity contribution in [3.63, 3.8) is 0 Å². The average Bonchev–Trinajstić information content (AvgIpc) is 2.75. The Labute approximate surface area is 169 Å². The Kier molecular flexibility index (Phi) is 5.41. The van der Waals surface area contributed by atoms with Crippen LogP contribution in [0.5, 0.6) is 0 Å². The molecule has 0 saturated heterocycles. The lowest BCUT2D eigenvalue weighted by molar-refractivity contribution is 1.05. The van der Waals surface area contributed by atoms with E-state index in [-0.39, 0.29) is 0 Å². The van der Waals surface area contributed by atoms with Gasteiger partial charge >= 0.3 is 0 Å². The van der Waals surface area contributed by atoms with Crippen LogP contribution in [0.4, 0.5) is 5.69 Å². The molecule has 4 aromatic rings. The topological polar surface area (TPSA) is 36.4 Å². The minimum absolute atomic E-state index is 0.452.